The van der Waals surface area contributed by atoms with Crippen LogP contribution in [-0.2, 0) is 76.2 Å². The number of esters is 8. The molecule has 4 aliphatic rings. The smallest absolute Gasteiger partial charge is 0.340 e. The summed E-state index contributed by atoms with van der Waals surface area (Å²) in [5, 5.41) is 25.3. The summed E-state index contributed by atoms with van der Waals surface area (Å²) in [7, 11) is 0. The first-order chi connectivity index (χ1) is 26.8. The highest BCUT2D eigenvalue weighted by Gasteiger charge is 2.92. The van der Waals surface area contributed by atoms with E-state index in [0.717, 1.165) is 61.6 Å². The minimum Gasteiger partial charge on any atom is -0.465 e. The summed E-state index contributed by atoms with van der Waals surface area (Å²) in [6.07, 6.45) is -10.1. The number of aliphatic hydroxyl groups is 2. The highest BCUT2D eigenvalue weighted by atomic mass is 16.7. The van der Waals surface area contributed by atoms with Gasteiger partial charge in [-0.05, 0) is 32.4 Å². The molecule has 13 atom stereocenters. The zero-order chi connectivity index (χ0) is 43.5. The predicted molar refractivity (Wildman–Crippen MR) is 187 cm³/mol. The SMILES string of the molecule is CC(=O)OC[C@]12[C@H](OC(C)=O)[C@H](OC(C)=O)[C@@H]3[C@@H](OC(C)=O)[C@@]14O[C@@]3(C)COC(=O)c1cnccc1[C@@H](C)[C@@](C)(O)C(=O)O[C@@H]([C@H](OC(C)=O)[C@@H]2OC(C)=O)[C@]4(C)O. The molecule has 1 saturated heterocycles. The summed E-state index contributed by atoms with van der Waals surface area (Å²) < 4.78 is 53.9. The summed E-state index contributed by atoms with van der Waals surface area (Å²) in [6, 6.07) is 1.35. The topological polar surface area (TPSA) is 273 Å². The Balaban J connectivity index is 2.03. The fourth-order valence-corrected chi connectivity index (χ4v) is 9.29. The number of aromatic nitrogens is 1. The van der Waals surface area contributed by atoms with Crippen LogP contribution >= 0.6 is 0 Å². The van der Waals surface area contributed by atoms with Crippen LogP contribution in [0.1, 0.15) is 91.1 Å². The molecule has 0 aromatic carbocycles. The zero-order valence-electron chi connectivity index (χ0n) is 33.5. The van der Waals surface area contributed by atoms with Crippen molar-refractivity contribution in [3.05, 3.63) is 29.6 Å². The van der Waals surface area contributed by atoms with Gasteiger partial charge in [0.1, 0.15) is 42.0 Å². The van der Waals surface area contributed by atoms with Crippen LogP contribution in [0.5, 0.6) is 0 Å². The predicted octanol–water partition coefficient (Wildman–Crippen LogP) is 0.148. The second kappa shape index (κ2) is 15.2. The number of cyclic esters (lactones) is 1. The Labute approximate surface area is 332 Å². The summed E-state index contributed by atoms with van der Waals surface area (Å²) in [6.45, 7) is 8.63. The van der Waals surface area contributed by atoms with Gasteiger partial charge in [0.25, 0.3) is 0 Å². The van der Waals surface area contributed by atoms with Gasteiger partial charge in [0.2, 0.25) is 0 Å². The molecule has 3 heterocycles. The molecule has 20 heteroatoms. The lowest BCUT2D eigenvalue weighted by Gasteiger charge is -2.67. The third-order valence-electron chi connectivity index (χ3n) is 11.6. The third-order valence-corrected chi connectivity index (χ3v) is 11.6. The summed E-state index contributed by atoms with van der Waals surface area (Å²) >= 11 is 0. The highest BCUT2D eigenvalue weighted by molar-refractivity contribution is 5.92. The van der Waals surface area contributed by atoms with Crippen molar-refractivity contribution in [2.75, 3.05) is 13.2 Å². The molecule has 0 radical (unpaired) electrons. The Morgan fingerprint density at radius 1 is 0.776 bits per heavy atom. The third kappa shape index (κ3) is 6.83. The van der Waals surface area contributed by atoms with Crippen LogP contribution in [0.3, 0.4) is 0 Å². The van der Waals surface area contributed by atoms with E-state index in [4.69, 9.17) is 42.6 Å². The molecule has 2 aliphatic heterocycles. The monoisotopic (exact) mass is 821 g/mol. The number of nitrogens with zero attached hydrogens (tertiary/aromatic N) is 1. The summed E-state index contributed by atoms with van der Waals surface area (Å²) in [5.74, 6) is -11.8. The van der Waals surface area contributed by atoms with Crippen molar-refractivity contribution in [3.8, 4) is 0 Å². The second-order valence-electron chi connectivity index (χ2n) is 15.6. The Morgan fingerprint density at radius 2 is 1.29 bits per heavy atom. The Hall–Kier alpha value is -5.21. The van der Waals surface area contributed by atoms with E-state index < -0.39 is 137 Å². The van der Waals surface area contributed by atoms with Gasteiger partial charge in [-0.25, -0.2) is 9.59 Å². The molecular weight excluding hydrogens is 774 g/mol. The van der Waals surface area contributed by atoms with Gasteiger partial charge < -0.3 is 52.8 Å². The lowest BCUT2D eigenvalue weighted by molar-refractivity contribution is -0.387. The minimum absolute atomic E-state index is 0.0577. The average molecular weight is 822 g/mol. The van der Waals surface area contributed by atoms with Crippen LogP contribution in [0.2, 0.25) is 0 Å². The highest BCUT2D eigenvalue weighted by Crippen LogP contribution is 2.70. The van der Waals surface area contributed by atoms with Gasteiger partial charge in [0, 0.05) is 59.9 Å². The van der Waals surface area contributed by atoms with Gasteiger partial charge in [0.05, 0.1) is 11.5 Å². The van der Waals surface area contributed by atoms with Gasteiger partial charge in [-0.3, -0.25) is 33.8 Å². The quantitative estimate of drug-likeness (QED) is 0.274. The number of carbonyl (C=O) groups excluding carboxylic acids is 8. The average Bonchev–Trinajstić information content (AvgIpc) is 3.32. The molecule has 0 amide bonds. The van der Waals surface area contributed by atoms with Crippen molar-refractivity contribution in [2.45, 2.75) is 134 Å². The van der Waals surface area contributed by atoms with Crippen LogP contribution in [0.25, 0.3) is 0 Å². The number of rotatable bonds is 7. The van der Waals surface area contributed by atoms with Gasteiger partial charge in [-0.2, -0.15) is 0 Å². The molecule has 4 bridgehead atoms. The summed E-state index contributed by atoms with van der Waals surface area (Å²) in [5.41, 5.74) is -13.3. The standard InChI is InChI=1S/C38H47NO19/c1-16-23-11-12-39-13-24(23)32(46)51-14-34(8)25-26(52-18(3)41)30(55-21(6)44)37(15-50-17(2)40)31(56-22(7)45)27(53-19(4)42)29(57-33(47)35(16,9)48)36(10,49)38(37,58-34)28(25)54-20(5)43/h11-13,16,25-31,48-49H,14-15H2,1-10H3/t16-,25-,26-,27+,28-,29+,30-,31+,34+,35-,36+,37-,38+/m1/s1. The molecule has 1 spiro atoms. The Morgan fingerprint density at radius 3 is 1.83 bits per heavy atom. The zero-order valence-corrected chi connectivity index (χ0v) is 33.5. The van der Waals surface area contributed by atoms with Crippen LogP contribution < -0.4 is 0 Å². The maximum absolute atomic E-state index is 14.4. The lowest BCUT2D eigenvalue weighted by Crippen LogP contribution is -2.89. The summed E-state index contributed by atoms with van der Waals surface area (Å²) in [4.78, 5) is 111. The van der Waals surface area contributed by atoms with Crippen LogP contribution in [0.4, 0.5) is 0 Å². The molecule has 3 fully saturated rings. The van der Waals surface area contributed by atoms with Crippen LogP contribution in [-0.4, -0.2) is 135 Å². The van der Waals surface area contributed by atoms with Crippen molar-refractivity contribution in [1.82, 2.24) is 4.98 Å². The molecular formula is C38H47NO19. The van der Waals surface area contributed by atoms with E-state index in [2.05, 4.69) is 4.98 Å². The number of fused-ring (bicyclic) bond motifs is 5. The molecule has 2 aliphatic carbocycles. The van der Waals surface area contributed by atoms with Crippen LogP contribution in [0, 0.1) is 11.3 Å². The van der Waals surface area contributed by atoms with E-state index in [1.165, 1.54) is 26.1 Å². The first-order valence-electron chi connectivity index (χ1n) is 18.3. The largest absolute Gasteiger partial charge is 0.465 e. The molecule has 5 rings (SSSR count). The van der Waals surface area contributed by atoms with Crippen molar-refractivity contribution in [3.63, 3.8) is 0 Å². The molecule has 2 saturated carbocycles. The van der Waals surface area contributed by atoms with E-state index in [1.54, 1.807) is 0 Å². The molecule has 20 nitrogen and oxygen atoms in total. The number of hydrogen-bond donors (Lipinski definition) is 2. The maximum Gasteiger partial charge on any atom is 0.340 e. The maximum atomic E-state index is 14.4. The molecule has 1 aromatic rings. The number of ether oxygens (including phenoxy) is 9. The number of carbonyl (C=O) groups is 8. The fourth-order valence-electron chi connectivity index (χ4n) is 9.29. The molecule has 1 aromatic heterocycles. The Kier molecular flexibility index (Phi) is 11.5. The first kappa shape index (κ1) is 43.9. The van der Waals surface area contributed by atoms with E-state index in [0.29, 0.717) is 0 Å². The Bertz CT molecular complexity index is 1910. The van der Waals surface area contributed by atoms with Gasteiger partial charge in [-0.15, -0.1) is 0 Å². The molecule has 0 unspecified atom stereocenters. The van der Waals surface area contributed by atoms with Gasteiger partial charge in [-0.1, -0.05) is 6.92 Å². The number of hydrogen-bond acceptors (Lipinski definition) is 20. The van der Waals surface area contributed by atoms with E-state index in [9.17, 15) is 48.6 Å². The molecule has 58 heavy (non-hydrogen) atoms. The molecule has 2 N–H and O–H groups in total. The molecule has 318 valence electrons. The van der Waals surface area contributed by atoms with Crippen molar-refractivity contribution in [2.24, 2.45) is 11.3 Å². The van der Waals surface area contributed by atoms with E-state index in [-0.39, 0.29) is 11.1 Å². The van der Waals surface area contributed by atoms with E-state index in [1.807, 2.05) is 0 Å². The van der Waals surface area contributed by atoms with E-state index >= 15 is 0 Å². The first-order valence-corrected chi connectivity index (χ1v) is 18.3. The normalized spacial score (nSPS) is 39.0. The van der Waals surface area contributed by atoms with Crippen molar-refractivity contribution in [1.29, 1.82) is 0 Å². The van der Waals surface area contributed by atoms with Crippen LogP contribution in [0.15, 0.2) is 18.5 Å². The number of pyridine rings is 1. The second-order valence-corrected chi connectivity index (χ2v) is 15.6. The van der Waals surface area contributed by atoms with Crippen molar-refractivity contribution >= 4 is 47.8 Å². The fraction of sp³-hybridized carbons (Fsp3) is 0.658. The minimum atomic E-state index is -2.94. The van der Waals surface area contributed by atoms with Gasteiger partial charge >= 0.3 is 47.8 Å². The van der Waals surface area contributed by atoms with Gasteiger partial charge in [0.15, 0.2) is 35.6 Å². The van der Waals surface area contributed by atoms with Crippen molar-refractivity contribution < 1.29 is 91.2 Å². The lowest BCUT2D eigenvalue weighted by atomic mass is 9.45.